The summed E-state index contributed by atoms with van der Waals surface area (Å²) in [4.78, 5) is 0. The Morgan fingerprint density at radius 3 is 0.900 bits per heavy atom. The van der Waals surface area contributed by atoms with Crippen molar-refractivity contribution < 1.29 is 17.9 Å². The number of halogens is 2. The summed E-state index contributed by atoms with van der Waals surface area (Å²) in [6, 6.07) is 53.1. The molecule has 0 saturated heterocycles. The number of benzene rings is 8. The zero-order valence-electron chi connectivity index (χ0n) is 26.8. The Morgan fingerprint density at radius 2 is 0.600 bits per heavy atom. The first-order valence-electron chi connectivity index (χ1n) is 16.3. The van der Waals surface area contributed by atoms with Crippen molar-refractivity contribution in [1.29, 1.82) is 0 Å². The lowest BCUT2D eigenvalue weighted by Gasteiger charge is -2.28. The first-order chi connectivity index (χ1) is 24.4. The lowest BCUT2D eigenvalue weighted by Crippen LogP contribution is -2.31. The number of fused-ring (bicyclic) bond motifs is 2. The molecule has 0 spiro atoms. The Balaban J connectivity index is 1.61. The molecule has 0 bridgehead atoms. The number of rotatable bonds is 7. The van der Waals surface area contributed by atoms with Gasteiger partial charge in [-0.05, 0) is 22.9 Å². The van der Waals surface area contributed by atoms with Crippen LogP contribution in [0.4, 0.5) is 8.78 Å². The van der Waals surface area contributed by atoms with Crippen LogP contribution in [-0.2, 0) is 9.13 Å². The molecular weight excluding hydrogens is 660 g/mol. The van der Waals surface area contributed by atoms with Gasteiger partial charge in [-0.25, -0.2) is 8.78 Å². The van der Waals surface area contributed by atoms with E-state index in [4.69, 9.17) is 0 Å². The summed E-state index contributed by atoms with van der Waals surface area (Å²) in [5.74, 6) is -1.46. The first kappa shape index (κ1) is 31.8. The normalized spacial score (nSPS) is 12.0. The minimum Gasteiger partial charge on any atom is -0.309 e. The lowest BCUT2D eigenvalue weighted by molar-refractivity contribution is 0.590. The van der Waals surface area contributed by atoms with Crippen LogP contribution < -0.4 is 31.8 Å². The van der Waals surface area contributed by atoms with Crippen molar-refractivity contribution in [2.45, 2.75) is 0 Å². The van der Waals surface area contributed by atoms with Gasteiger partial charge in [0.25, 0.3) is 0 Å². The number of hydrogen-bond acceptors (Lipinski definition) is 2. The molecule has 0 unspecified atom stereocenters. The second-order valence-electron chi connectivity index (χ2n) is 12.2. The van der Waals surface area contributed by atoms with Crippen LogP contribution in [0, 0.1) is 11.6 Å². The molecule has 0 saturated carbocycles. The maximum atomic E-state index is 17.8. The predicted octanol–water partition coefficient (Wildman–Crippen LogP) is 9.22. The summed E-state index contributed by atoms with van der Waals surface area (Å²) >= 11 is 0. The Morgan fingerprint density at radius 1 is 0.340 bits per heavy atom. The van der Waals surface area contributed by atoms with Crippen molar-refractivity contribution in [3.8, 4) is 11.1 Å². The van der Waals surface area contributed by atoms with Crippen LogP contribution in [0.15, 0.2) is 182 Å². The quantitative estimate of drug-likeness (QED) is 0.156. The highest BCUT2D eigenvalue weighted by atomic mass is 31.2. The van der Waals surface area contributed by atoms with Crippen molar-refractivity contribution in [2.75, 3.05) is 0 Å². The highest BCUT2D eigenvalue weighted by Gasteiger charge is 2.40. The fourth-order valence-electron chi connectivity index (χ4n) is 6.96. The minimum atomic E-state index is -3.90. The average Bonchev–Trinajstić information content (AvgIpc) is 3.19. The van der Waals surface area contributed by atoms with E-state index in [9.17, 15) is 0 Å². The van der Waals surface area contributed by atoms with Crippen LogP contribution in [0.25, 0.3) is 32.7 Å². The molecule has 0 aliphatic rings. The van der Waals surface area contributed by atoms with Gasteiger partial charge in [0.05, 0.1) is 0 Å². The van der Waals surface area contributed by atoms with Crippen LogP contribution in [0.1, 0.15) is 0 Å². The fourth-order valence-corrected chi connectivity index (χ4v) is 12.7. The van der Waals surface area contributed by atoms with Crippen molar-refractivity contribution in [1.82, 2.24) is 0 Å². The molecule has 8 aromatic carbocycles. The van der Waals surface area contributed by atoms with Gasteiger partial charge in [-0.1, -0.05) is 170 Å². The van der Waals surface area contributed by atoms with E-state index in [0.717, 1.165) is 0 Å². The Bertz CT molecular complexity index is 2340. The van der Waals surface area contributed by atoms with Crippen LogP contribution in [-0.4, -0.2) is 0 Å². The molecule has 242 valence electrons. The van der Waals surface area contributed by atoms with Crippen LogP contribution in [0.3, 0.4) is 0 Å². The molecule has 0 N–H and O–H groups in total. The molecule has 0 aliphatic carbocycles. The van der Waals surface area contributed by atoms with E-state index in [1.165, 1.54) is 0 Å². The average molecular weight is 691 g/mol. The SMILES string of the molecule is O=P(c1ccccc1)(c1ccccc1)c1cc2ccccc2c(F)c1-c1c(P(=O)(c2ccccc2)c2ccccc2)cc2ccccc2c1F. The van der Waals surface area contributed by atoms with Gasteiger partial charge in [0, 0.05) is 53.7 Å². The zero-order chi connectivity index (χ0) is 34.3. The maximum Gasteiger partial charge on any atom is 0.171 e. The van der Waals surface area contributed by atoms with E-state index < -0.39 is 25.9 Å². The fraction of sp³-hybridized carbons (Fsp3) is 0. The summed E-state index contributed by atoms with van der Waals surface area (Å²) in [6.07, 6.45) is 0. The van der Waals surface area contributed by atoms with Crippen molar-refractivity contribution >= 4 is 67.7 Å². The zero-order valence-corrected chi connectivity index (χ0v) is 28.6. The van der Waals surface area contributed by atoms with E-state index in [1.54, 1.807) is 158 Å². The van der Waals surface area contributed by atoms with Gasteiger partial charge < -0.3 is 9.13 Å². The molecule has 0 aliphatic heterocycles. The van der Waals surface area contributed by atoms with Gasteiger partial charge in [-0.15, -0.1) is 0 Å². The second-order valence-corrected chi connectivity index (χ2v) is 17.6. The van der Waals surface area contributed by atoms with Gasteiger partial charge >= 0.3 is 0 Å². The first-order valence-corrected chi connectivity index (χ1v) is 19.7. The molecule has 50 heavy (non-hydrogen) atoms. The maximum absolute atomic E-state index is 17.8. The van der Waals surface area contributed by atoms with E-state index in [2.05, 4.69) is 0 Å². The topological polar surface area (TPSA) is 34.1 Å². The Labute approximate surface area is 289 Å². The molecule has 0 aromatic heterocycles. The largest absolute Gasteiger partial charge is 0.309 e. The summed E-state index contributed by atoms with van der Waals surface area (Å²) in [5.41, 5.74) is -0.324. The van der Waals surface area contributed by atoms with E-state index in [0.29, 0.717) is 32.0 Å². The molecule has 0 fully saturated rings. The predicted molar refractivity (Wildman–Crippen MR) is 206 cm³/mol. The summed E-state index contributed by atoms with van der Waals surface area (Å²) in [6.45, 7) is 0. The second kappa shape index (κ2) is 12.8. The van der Waals surface area contributed by atoms with Crippen molar-refractivity contribution in [3.05, 3.63) is 194 Å². The lowest BCUT2D eigenvalue weighted by atomic mass is 9.96. The third kappa shape index (κ3) is 5.07. The summed E-state index contributed by atoms with van der Waals surface area (Å²) in [7, 11) is -7.81. The van der Waals surface area contributed by atoms with Gasteiger partial charge in [-0.3, -0.25) is 0 Å². The standard InChI is InChI=1S/C44H30F2O2P2/c45-43-37-27-15-13-17-31(37)29-39(49(47,33-19-5-1-6-20-33)34-21-7-2-8-22-34)41(43)42-40(30-32-18-14-16-28-38(32)44(42)46)50(48,35-23-9-3-10-24-35)36-25-11-4-12-26-36/h1-30H. The van der Waals surface area contributed by atoms with Crippen molar-refractivity contribution in [2.24, 2.45) is 0 Å². The monoisotopic (exact) mass is 690 g/mol. The highest BCUT2D eigenvalue weighted by molar-refractivity contribution is 7.86. The minimum absolute atomic E-state index is 0.134. The van der Waals surface area contributed by atoms with Gasteiger partial charge in [0.15, 0.2) is 14.3 Å². The molecule has 8 aromatic rings. The smallest absolute Gasteiger partial charge is 0.171 e. The van der Waals surface area contributed by atoms with Gasteiger partial charge in [0.1, 0.15) is 11.6 Å². The summed E-state index contributed by atoms with van der Waals surface area (Å²) in [5, 5.41) is 3.68. The van der Waals surface area contributed by atoms with E-state index in [-0.39, 0.29) is 32.5 Å². The van der Waals surface area contributed by atoms with Gasteiger partial charge in [-0.2, -0.15) is 0 Å². The third-order valence-electron chi connectivity index (χ3n) is 9.34. The van der Waals surface area contributed by atoms with E-state index >= 15 is 17.9 Å². The molecule has 0 radical (unpaired) electrons. The third-order valence-corrected chi connectivity index (χ3v) is 15.5. The van der Waals surface area contributed by atoms with E-state index in [1.807, 2.05) is 24.3 Å². The molecule has 0 heterocycles. The van der Waals surface area contributed by atoms with Crippen LogP contribution in [0.2, 0.25) is 0 Å². The molecule has 0 atom stereocenters. The molecule has 2 nitrogen and oxygen atoms in total. The molecular formula is C44H30F2O2P2. The molecule has 8 rings (SSSR count). The number of hydrogen-bond donors (Lipinski definition) is 0. The Kier molecular flexibility index (Phi) is 8.16. The van der Waals surface area contributed by atoms with Crippen LogP contribution in [0.5, 0.6) is 0 Å². The highest BCUT2D eigenvalue weighted by Crippen LogP contribution is 2.51. The van der Waals surface area contributed by atoms with Crippen molar-refractivity contribution in [3.63, 3.8) is 0 Å². The van der Waals surface area contributed by atoms with Crippen LogP contribution >= 0.6 is 14.3 Å². The molecule has 6 heteroatoms. The summed E-state index contributed by atoms with van der Waals surface area (Å²) < 4.78 is 67.8. The molecule has 0 amide bonds. The van der Waals surface area contributed by atoms with Gasteiger partial charge in [0.2, 0.25) is 0 Å². The Hall–Kier alpha value is -5.40.